The molecule has 3 aliphatic heterocycles. The monoisotopic (exact) mass is 672 g/mol. The summed E-state index contributed by atoms with van der Waals surface area (Å²) < 4.78 is 13.9. The van der Waals surface area contributed by atoms with E-state index in [-0.39, 0.29) is 23.5 Å². The van der Waals surface area contributed by atoms with Crippen LogP contribution in [0.15, 0.2) is 72.8 Å². The van der Waals surface area contributed by atoms with Crippen molar-refractivity contribution in [3.05, 3.63) is 89.5 Å². The van der Waals surface area contributed by atoms with Crippen molar-refractivity contribution >= 4 is 12.1 Å². The van der Waals surface area contributed by atoms with Gasteiger partial charge in [-0.1, -0.05) is 61.4 Å². The summed E-state index contributed by atoms with van der Waals surface area (Å²) in [6.45, 7) is 6.67. The predicted octanol–water partition coefficient (Wildman–Crippen LogP) is 5.65. The molecule has 5 N–H and O–H groups in total. The average molecular weight is 673 g/mol. The Morgan fingerprint density at radius 1 is 0.959 bits per heavy atom. The molecule has 7 rings (SSSR count). The van der Waals surface area contributed by atoms with Crippen molar-refractivity contribution in [2.75, 3.05) is 51.3 Å². The van der Waals surface area contributed by atoms with E-state index in [0.717, 1.165) is 60.1 Å². The number of benzene rings is 3. The zero-order valence-electron chi connectivity index (χ0n) is 28.6. The third-order valence-electron chi connectivity index (χ3n) is 11.4. The second-order valence-corrected chi connectivity index (χ2v) is 14.5. The van der Waals surface area contributed by atoms with Crippen LogP contribution in [0, 0.1) is 11.8 Å². The van der Waals surface area contributed by atoms with Gasteiger partial charge in [0.25, 0.3) is 0 Å². The second kappa shape index (κ2) is 16.5. The van der Waals surface area contributed by atoms with Gasteiger partial charge in [-0.3, -0.25) is 4.79 Å². The number of anilines is 1. The minimum absolute atomic E-state index is 0.0450. The smallest absolute Gasteiger partial charge is 0.211 e. The summed E-state index contributed by atoms with van der Waals surface area (Å²) in [6, 6.07) is 22.9. The number of piperidine rings is 3. The molecule has 49 heavy (non-hydrogen) atoms. The number of phenols is 1. The number of quaternary nitrogens is 1. The molecule has 2 bridgehead atoms. The Balaban J connectivity index is 0.907. The van der Waals surface area contributed by atoms with Gasteiger partial charge in [-0.05, 0) is 72.6 Å². The fraction of sp³-hybridized carbons (Fsp3) is 0.525. The highest BCUT2D eigenvalue weighted by atomic mass is 16.5. The molecule has 3 saturated heterocycles. The van der Waals surface area contributed by atoms with E-state index in [1.165, 1.54) is 44.8 Å². The summed E-state index contributed by atoms with van der Waals surface area (Å²) in [4.78, 5) is 10.7. The fourth-order valence-corrected chi connectivity index (χ4v) is 8.38. The summed E-state index contributed by atoms with van der Waals surface area (Å²) in [5.74, 6) is 1.69. The van der Waals surface area contributed by atoms with Crippen LogP contribution < -0.4 is 15.4 Å². The SMILES string of the molecule is O=CNc1cc([C@@H](O)CNCc2ccc(OCCCC[N+]34CCC(CC3)[C@@H](OCC(O)(c3ccccc3)C3CCCC3)C4)cc2)ccc1O. The Morgan fingerprint density at radius 2 is 1.71 bits per heavy atom. The van der Waals surface area contributed by atoms with Gasteiger partial charge in [0, 0.05) is 31.8 Å². The molecule has 1 unspecified atom stereocenters. The quantitative estimate of drug-likeness (QED) is 0.0513. The maximum absolute atomic E-state index is 12.0. The molecule has 3 atom stereocenters. The number of aromatic hydroxyl groups is 1. The Hall–Kier alpha value is -3.47. The molecule has 0 radical (unpaired) electrons. The number of carbonyl (C=O) groups is 1. The lowest BCUT2D eigenvalue weighted by atomic mass is 9.80. The number of unbranched alkanes of at least 4 members (excludes halogenated alkanes) is 1. The first-order valence-electron chi connectivity index (χ1n) is 18.3. The Morgan fingerprint density at radius 3 is 2.45 bits per heavy atom. The summed E-state index contributed by atoms with van der Waals surface area (Å²) in [5.41, 5.74) is 2.06. The van der Waals surface area contributed by atoms with Crippen LogP contribution in [-0.4, -0.2) is 78.3 Å². The molecule has 3 aromatic carbocycles. The van der Waals surface area contributed by atoms with Crippen molar-refractivity contribution in [1.82, 2.24) is 5.32 Å². The zero-order chi connectivity index (χ0) is 34.1. The highest BCUT2D eigenvalue weighted by molar-refractivity contribution is 5.75. The third-order valence-corrected chi connectivity index (χ3v) is 11.4. The van der Waals surface area contributed by atoms with E-state index in [2.05, 4.69) is 22.8 Å². The maximum atomic E-state index is 12.0. The fourth-order valence-electron chi connectivity index (χ4n) is 8.38. The van der Waals surface area contributed by atoms with Gasteiger partial charge in [0.1, 0.15) is 29.7 Å². The number of hydrogen-bond donors (Lipinski definition) is 5. The van der Waals surface area contributed by atoms with Crippen molar-refractivity contribution < 1.29 is 34.1 Å². The first kappa shape index (κ1) is 35.4. The molecule has 264 valence electrons. The molecule has 3 heterocycles. The highest BCUT2D eigenvalue weighted by Gasteiger charge is 2.48. The van der Waals surface area contributed by atoms with E-state index in [0.29, 0.717) is 44.2 Å². The van der Waals surface area contributed by atoms with E-state index in [4.69, 9.17) is 9.47 Å². The van der Waals surface area contributed by atoms with Gasteiger partial charge < -0.3 is 39.9 Å². The van der Waals surface area contributed by atoms with Crippen LogP contribution >= 0.6 is 0 Å². The van der Waals surface area contributed by atoms with Crippen LogP contribution in [0.1, 0.15) is 74.2 Å². The second-order valence-electron chi connectivity index (χ2n) is 14.5. The number of amides is 1. The highest BCUT2D eigenvalue weighted by Crippen LogP contribution is 2.43. The van der Waals surface area contributed by atoms with E-state index in [1.54, 1.807) is 12.1 Å². The number of rotatable bonds is 18. The molecule has 9 heteroatoms. The molecule has 0 aromatic heterocycles. The normalized spacial score (nSPS) is 24.0. The summed E-state index contributed by atoms with van der Waals surface area (Å²) in [6.07, 6.45) is 9.02. The number of hydrogen-bond acceptors (Lipinski definition) is 7. The summed E-state index contributed by atoms with van der Waals surface area (Å²) in [5, 5.41) is 38.0. The molecule has 9 nitrogen and oxygen atoms in total. The molecule has 3 aromatic rings. The molecule has 4 fully saturated rings. The van der Waals surface area contributed by atoms with Gasteiger partial charge in [0.05, 0.1) is 44.6 Å². The minimum atomic E-state index is -0.903. The Labute approximate surface area is 290 Å². The lowest BCUT2D eigenvalue weighted by molar-refractivity contribution is -0.946. The van der Waals surface area contributed by atoms with Crippen LogP contribution in [-0.2, 0) is 21.7 Å². The van der Waals surface area contributed by atoms with Gasteiger partial charge in [-0.25, -0.2) is 0 Å². The number of nitrogens with zero attached hydrogens (tertiary/aromatic N) is 1. The van der Waals surface area contributed by atoms with Crippen LogP contribution in [0.3, 0.4) is 0 Å². The number of nitrogens with one attached hydrogen (secondary N) is 2. The van der Waals surface area contributed by atoms with Gasteiger partial charge in [0.15, 0.2) is 0 Å². The van der Waals surface area contributed by atoms with Gasteiger partial charge in [-0.15, -0.1) is 0 Å². The topological polar surface area (TPSA) is 120 Å². The number of fused-ring (bicyclic) bond motifs is 3. The van der Waals surface area contributed by atoms with Gasteiger partial charge in [-0.2, -0.15) is 0 Å². The van der Waals surface area contributed by atoms with Crippen molar-refractivity contribution in [3.63, 3.8) is 0 Å². The largest absolute Gasteiger partial charge is 0.506 e. The van der Waals surface area contributed by atoms with E-state index < -0.39 is 11.7 Å². The Bertz CT molecular complexity index is 1470. The van der Waals surface area contributed by atoms with Crippen LogP contribution in [0.5, 0.6) is 11.5 Å². The first-order chi connectivity index (χ1) is 23.9. The van der Waals surface area contributed by atoms with E-state index in [1.807, 2.05) is 42.5 Å². The van der Waals surface area contributed by atoms with Crippen molar-refractivity contribution in [3.8, 4) is 11.5 Å². The van der Waals surface area contributed by atoms with E-state index in [9.17, 15) is 20.1 Å². The average Bonchev–Trinajstić information content (AvgIpc) is 3.69. The number of phenolic OH excluding ortho intramolecular Hbond substituents is 1. The van der Waals surface area contributed by atoms with Crippen LogP contribution in [0.4, 0.5) is 5.69 Å². The van der Waals surface area contributed by atoms with Crippen LogP contribution in [0.2, 0.25) is 0 Å². The standard InChI is InChI=1S/C40H53N3O6/c44-29-42-36-24-32(14-17-37(36)45)38(46)26-41-25-30-12-15-35(16-13-30)48-23-7-6-20-43-21-18-31(19-22-43)39(27-43)49-28-40(47,34-10-4-5-11-34)33-8-2-1-3-9-33/h1-3,8-9,12-17,24,29,31,34,38-39,41,46-47H,4-7,10-11,18-23,25-28H2,(H-,42,44,45)/p+1/t31?,38-,39-,40?,43?/m0/s1. The third kappa shape index (κ3) is 8.83. The molecule has 1 aliphatic carbocycles. The van der Waals surface area contributed by atoms with Gasteiger partial charge >= 0.3 is 0 Å². The maximum Gasteiger partial charge on any atom is 0.211 e. The summed E-state index contributed by atoms with van der Waals surface area (Å²) in [7, 11) is 0. The van der Waals surface area contributed by atoms with Crippen molar-refractivity contribution in [1.29, 1.82) is 0 Å². The van der Waals surface area contributed by atoms with Crippen LogP contribution in [0.25, 0.3) is 0 Å². The number of ether oxygens (including phenoxy) is 2. The van der Waals surface area contributed by atoms with Gasteiger partial charge in [0.2, 0.25) is 6.41 Å². The zero-order valence-corrected chi connectivity index (χ0v) is 28.6. The number of aliphatic hydroxyl groups is 2. The Kier molecular flexibility index (Phi) is 11.9. The molecule has 1 amide bonds. The minimum Gasteiger partial charge on any atom is -0.506 e. The molecule has 4 aliphatic rings. The first-order valence-corrected chi connectivity index (χ1v) is 18.3. The van der Waals surface area contributed by atoms with Crippen molar-refractivity contribution in [2.45, 2.75) is 75.7 Å². The number of carbonyl (C=O) groups excluding carboxylic acids is 1. The molecule has 0 spiro atoms. The molecule has 1 saturated carbocycles. The van der Waals surface area contributed by atoms with Crippen molar-refractivity contribution in [2.24, 2.45) is 11.8 Å². The lowest BCUT2D eigenvalue weighted by Crippen LogP contribution is -2.64. The number of aliphatic hydroxyl groups excluding tert-OH is 1. The predicted molar refractivity (Wildman–Crippen MR) is 190 cm³/mol. The van der Waals surface area contributed by atoms with E-state index >= 15 is 0 Å². The molecular formula is C40H54N3O6+. The molecular weight excluding hydrogens is 618 g/mol. The lowest BCUT2D eigenvalue weighted by Gasteiger charge is -2.53. The summed E-state index contributed by atoms with van der Waals surface area (Å²) >= 11 is 0.